The van der Waals surface area contributed by atoms with Crippen molar-refractivity contribution in [3.05, 3.63) is 69.4 Å². The number of nitrogens with zero attached hydrogens (tertiary/aromatic N) is 1. The van der Waals surface area contributed by atoms with Gasteiger partial charge in [0.05, 0.1) is 10.0 Å². The van der Waals surface area contributed by atoms with Crippen LogP contribution in [0.15, 0.2) is 57.3 Å². The Morgan fingerprint density at radius 2 is 1.63 bits per heavy atom. The van der Waals surface area contributed by atoms with Crippen molar-refractivity contribution in [3.63, 3.8) is 0 Å². The molecule has 0 spiro atoms. The Hall–Kier alpha value is -0.850. The summed E-state index contributed by atoms with van der Waals surface area (Å²) in [5, 5.41) is -3.15. The van der Waals surface area contributed by atoms with Crippen LogP contribution in [0, 0.1) is 6.42 Å². The molecule has 0 saturated carbocycles. The molecule has 1 aromatic carbocycles. The highest BCUT2D eigenvalue weighted by molar-refractivity contribution is 9.12. The van der Waals surface area contributed by atoms with E-state index < -0.39 is 38.3 Å². The fraction of sp³-hybridized carbons (Fsp3) is 0.222. The molecule has 12 heteroatoms. The van der Waals surface area contributed by atoms with Crippen molar-refractivity contribution in [2.75, 3.05) is 0 Å². The van der Waals surface area contributed by atoms with E-state index in [4.69, 9.17) is 0 Å². The predicted octanol–water partition coefficient (Wildman–Crippen LogP) is 8.30. The zero-order valence-electron chi connectivity index (χ0n) is 14.4. The molecule has 1 nitrogen and oxygen atoms in total. The van der Waals surface area contributed by atoms with Gasteiger partial charge in [-0.15, -0.1) is 11.3 Å². The quantitative estimate of drug-likeness (QED) is 0.255. The van der Waals surface area contributed by atoms with Gasteiger partial charge in [0.1, 0.15) is 5.01 Å². The minimum atomic E-state index is -6.39. The van der Waals surface area contributed by atoms with Crippen LogP contribution in [0.25, 0.3) is 10.6 Å². The molecule has 3 rings (SSSR count). The lowest BCUT2D eigenvalue weighted by molar-refractivity contribution is -0.330. The van der Waals surface area contributed by atoms with Gasteiger partial charge in [0.25, 0.3) is 0 Å². The number of hydrogen-bond donors (Lipinski definition) is 0. The summed E-state index contributed by atoms with van der Waals surface area (Å²) >= 11 is 6.84. The Morgan fingerprint density at radius 3 is 2.23 bits per heavy atom. The molecule has 30 heavy (non-hydrogen) atoms. The van der Waals surface area contributed by atoms with Crippen LogP contribution in [0.2, 0.25) is 0 Å². The molecule has 1 unspecified atom stereocenters. The zero-order valence-corrected chi connectivity index (χ0v) is 19.2. The fourth-order valence-electron chi connectivity index (χ4n) is 2.42. The van der Waals surface area contributed by atoms with Crippen molar-refractivity contribution < 1.29 is 30.7 Å². The van der Waals surface area contributed by atoms with Gasteiger partial charge in [-0.1, -0.05) is 62.2 Å². The van der Waals surface area contributed by atoms with Gasteiger partial charge in [-0.25, -0.2) is 4.98 Å². The second-order valence-electron chi connectivity index (χ2n) is 6.08. The van der Waals surface area contributed by atoms with Crippen molar-refractivity contribution >= 4 is 55.0 Å². The first-order valence-electron chi connectivity index (χ1n) is 7.93. The summed E-state index contributed by atoms with van der Waals surface area (Å²) < 4.78 is 90.5. The van der Waals surface area contributed by atoms with Gasteiger partial charge >= 0.3 is 17.4 Å². The van der Waals surface area contributed by atoms with Crippen molar-refractivity contribution in [2.45, 2.75) is 21.7 Å². The molecule has 1 aromatic heterocycles. The molecule has 0 N–H and O–H groups in total. The Labute approximate surface area is 191 Å². The van der Waals surface area contributed by atoms with Crippen molar-refractivity contribution in [1.82, 2.24) is 4.98 Å². The summed E-state index contributed by atoms with van der Waals surface area (Å²) in [7, 11) is 0. The average molecular weight is 596 g/mol. The summed E-state index contributed by atoms with van der Waals surface area (Å²) in [5.41, 5.74) is 1.17. The van der Waals surface area contributed by atoms with E-state index in [9.17, 15) is 30.7 Å². The minimum absolute atomic E-state index is 0.213. The lowest BCUT2D eigenvalue weighted by Crippen LogP contribution is -2.50. The lowest BCUT2D eigenvalue weighted by atomic mass is 9.97. The van der Waals surface area contributed by atoms with Gasteiger partial charge in [0, 0.05) is 26.8 Å². The highest BCUT2D eigenvalue weighted by Crippen LogP contribution is 2.56. The van der Waals surface area contributed by atoms with E-state index >= 15 is 0 Å². The van der Waals surface area contributed by atoms with Crippen LogP contribution in [0.5, 0.6) is 0 Å². The molecule has 1 atom stereocenters. The summed E-state index contributed by atoms with van der Waals surface area (Å²) in [6.07, 6.45) is -2.71. The van der Waals surface area contributed by atoms with Crippen molar-refractivity contribution in [3.8, 4) is 10.6 Å². The standard InChI is InChI=1S/C18H9Br2F7NS2/c19-11-6-12(30-18(26,27)16(21,22)17(23,24)25)8-15(20,7-11)13-9-29-14(28-13)10-4-2-1-3-5-10/h1-9H. The average Bonchev–Trinajstić information content (AvgIpc) is 3.11. The van der Waals surface area contributed by atoms with E-state index in [0.717, 1.165) is 17.7 Å². The Morgan fingerprint density at radius 1 is 1.00 bits per heavy atom. The smallest absolute Gasteiger partial charge is 0.239 e. The first kappa shape index (κ1) is 23.8. The topological polar surface area (TPSA) is 12.9 Å². The molecule has 0 amide bonds. The lowest BCUT2D eigenvalue weighted by Gasteiger charge is -2.30. The third-order valence-corrected chi connectivity index (χ3v) is 7.06. The molecule has 0 bridgehead atoms. The zero-order chi connectivity index (χ0) is 22.4. The molecule has 0 aliphatic heterocycles. The van der Waals surface area contributed by atoms with Gasteiger partial charge in [0.2, 0.25) is 0 Å². The number of hydrogen-bond acceptors (Lipinski definition) is 3. The Kier molecular flexibility index (Phi) is 6.55. The second kappa shape index (κ2) is 8.25. The summed E-state index contributed by atoms with van der Waals surface area (Å²) in [6, 6.07) is 9.08. The molecular weight excluding hydrogens is 587 g/mol. The molecule has 2 aromatic rings. The maximum absolute atomic E-state index is 13.9. The summed E-state index contributed by atoms with van der Waals surface area (Å²) in [6.45, 7) is 0. The van der Waals surface area contributed by atoms with Crippen LogP contribution in [0.4, 0.5) is 30.7 Å². The first-order valence-corrected chi connectivity index (χ1v) is 11.2. The number of allylic oxidation sites excluding steroid dienone is 3. The molecule has 0 saturated heterocycles. The number of halogens is 9. The van der Waals surface area contributed by atoms with Crippen LogP contribution >= 0.6 is 55.0 Å². The van der Waals surface area contributed by atoms with E-state index in [-0.39, 0.29) is 4.48 Å². The SMILES string of the molecule is FC(F)(F)C(F)(F)C(F)(F)SC1=CC(Br)(c2csc(-c3ccccc3)n2)[CH]C(Br)=C1. The van der Waals surface area contributed by atoms with Crippen molar-refractivity contribution in [1.29, 1.82) is 0 Å². The minimum Gasteiger partial charge on any atom is -0.239 e. The van der Waals surface area contributed by atoms with E-state index in [2.05, 4.69) is 36.8 Å². The maximum atomic E-state index is 13.9. The number of aromatic nitrogens is 1. The molecular formula is C18H9Br2F7NS2. The van der Waals surface area contributed by atoms with Gasteiger partial charge in [-0.3, -0.25) is 0 Å². The van der Waals surface area contributed by atoms with E-state index in [1.54, 1.807) is 5.38 Å². The van der Waals surface area contributed by atoms with Crippen LogP contribution in [-0.2, 0) is 4.32 Å². The van der Waals surface area contributed by atoms with Crippen LogP contribution in [0.1, 0.15) is 5.69 Å². The van der Waals surface area contributed by atoms with Crippen LogP contribution < -0.4 is 0 Å². The Balaban J connectivity index is 1.93. The monoisotopic (exact) mass is 594 g/mol. The molecule has 1 aliphatic rings. The summed E-state index contributed by atoms with van der Waals surface area (Å²) in [5.74, 6) is -6.21. The molecule has 0 fully saturated rings. The number of alkyl halides is 8. The van der Waals surface area contributed by atoms with E-state index in [0.29, 0.717) is 10.7 Å². The van der Waals surface area contributed by atoms with Gasteiger partial charge in [-0.05, 0) is 23.9 Å². The highest BCUT2D eigenvalue weighted by atomic mass is 79.9. The number of thiazole rings is 1. The van der Waals surface area contributed by atoms with Crippen LogP contribution in [0.3, 0.4) is 0 Å². The molecule has 161 valence electrons. The molecule has 1 radical (unpaired) electrons. The van der Waals surface area contributed by atoms with Gasteiger partial charge < -0.3 is 0 Å². The molecule has 1 aliphatic carbocycles. The largest absolute Gasteiger partial charge is 0.460 e. The third-order valence-electron chi connectivity index (χ3n) is 3.87. The predicted molar refractivity (Wildman–Crippen MR) is 111 cm³/mol. The fourth-order valence-corrected chi connectivity index (χ4v) is 6.35. The molecule has 1 heterocycles. The van der Waals surface area contributed by atoms with Gasteiger partial charge in [-0.2, -0.15) is 30.7 Å². The van der Waals surface area contributed by atoms with E-state index in [1.807, 2.05) is 30.3 Å². The maximum Gasteiger partial charge on any atom is 0.460 e. The summed E-state index contributed by atoms with van der Waals surface area (Å²) in [4.78, 5) is 3.97. The Bertz CT molecular complexity index is 986. The van der Waals surface area contributed by atoms with E-state index in [1.165, 1.54) is 17.8 Å². The van der Waals surface area contributed by atoms with Crippen molar-refractivity contribution in [2.24, 2.45) is 0 Å². The normalized spacial score (nSPS) is 20.7. The number of benzene rings is 1. The number of rotatable bonds is 5. The van der Waals surface area contributed by atoms with Gasteiger partial charge in [0.15, 0.2) is 0 Å². The number of thioether (sulfide) groups is 1. The highest BCUT2D eigenvalue weighted by Gasteiger charge is 2.73. The third kappa shape index (κ3) is 4.66. The second-order valence-corrected chi connectivity index (χ2v) is 10.4. The first-order chi connectivity index (χ1) is 13.8. The van der Waals surface area contributed by atoms with Crippen LogP contribution in [-0.4, -0.2) is 22.3 Å².